The molecule has 184 valence electrons. The third-order valence-electron chi connectivity index (χ3n) is 6.37. The van der Waals surface area contributed by atoms with Crippen molar-refractivity contribution in [3.8, 4) is 6.07 Å². The molecule has 4 rings (SSSR count). The molecular weight excluding hydrogens is 462 g/mol. The lowest BCUT2D eigenvalue weighted by atomic mass is 9.94. The largest absolute Gasteiger partial charge is 0.350 e. The molecular formula is C24H31N9OS. The number of nitrogens with one attached hydrogen (secondary N) is 2. The number of hydrogen-bond donors (Lipinski definition) is 2. The summed E-state index contributed by atoms with van der Waals surface area (Å²) in [6, 6.07) is 4.19. The quantitative estimate of drug-likeness (QED) is 0.459. The Morgan fingerprint density at radius 2 is 2.11 bits per heavy atom. The first kappa shape index (κ1) is 24.8. The summed E-state index contributed by atoms with van der Waals surface area (Å²) in [6.07, 6.45) is 2.81. The van der Waals surface area contributed by atoms with Crippen molar-refractivity contribution in [3.63, 3.8) is 0 Å². The highest BCUT2D eigenvalue weighted by molar-refractivity contribution is 7.14. The van der Waals surface area contributed by atoms with Crippen LogP contribution in [0.4, 0.5) is 10.9 Å². The number of piperidine rings is 1. The van der Waals surface area contributed by atoms with Crippen molar-refractivity contribution in [3.05, 3.63) is 45.6 Å². The smallest absolute Gasteiger partial charge is 0.270 e. The van der Waals surface area contributed by atoms with Crippen LogP contribution in [0.5, 0.6) is 0 Å². The molecule has 35 heavy (non-hydrogen) atoms. The topological polar surface area (TPSA) is 125 Å². The molecule has 11 heteroatoms. The van der Waals surface area contributed by atoms with Crippen LogP contribution in [0.15, 0.2) is 11.4 Å². The number of aryl methyl sites for hydroxylation is 3. The van der Waals surface area contributed by atoms with E-state index in [9.17, 15) is 4.79 Å². The first-order valence-electron chi connectivity index (χ1n) is 11.8. The predicted octanol–water partition coefficient (Wildman–Crippen LogP) is 3.01. The van der Waals surface area contributed by atoms with Gasteiger partial charge in [0, 0.05) is 43.2 Å². The van der Waals surface area contributed by atoms with Crippen LogP contribution in [0.3, 0.4) is 0 Å². The summed E-state index contributed by atoms with van der Waals surface area (Å²) >= 11 is 1.36. The number of nitriles is 1. The molecule has 1 fully saturated rings. The lowest BCUT2D eigenvalue weighted by Gasteiger charge is -2.30. The van der Waals surface area contributed by atoms with Crippen molar-refractivity contribution >= 4 is 28.2 Å². The average molecular weight is 494 g/mol. The Morgan fingerprint density at radius 3 is 2.86 bits per heavy atom. The number of carbonyl (C=O) groups excluding carboxylic acids is 1. The van der Waals surface area contributed by atoms with E-state index in [1.807, 2.05) is 38.6 Å². The predicted molar refractivity (Wildman–Crippen MR) is 135 cm³/mol. The number of aromatic nitrogens is 5. The van der Waals surface area contributed by atoms with Gasteiger partial charge in [0.25, 0.3) is 5.91 Å². The summed E-state index contributed by atoms with van der Waals surface area (Å²) in [5.74, 6) is 1.41. The van der Waals surface area contributed by atoms with Crippen LogP contribution in [0.2, 0.25) is 0 Å². The maximum Gasteiger partial charge on any atom is 0.270 e. The Kier molecular flexibility index (Phi) is 7.73. The molecule has 0 spiro atoms. The number of thiazole rings is 1. The zero-order chi connectivity index (χ0) is 24.9. The van der Waals surface area contributed by atoms with Crippen LogP contribution in [0.25, 0.3) is 0 Å². The van der Waals surface area contributed by atoms with E-state index in [2.05, 4.69) is 41.7 Å². The lowest BCUT2D eigenvalue weighted by Crippen LogP contribution is -2.35. The maximum atomic E-state index is 12.6. The molecule has 3 aromatic rings. The highest BCUT2D eigenvalue weighted by atomic mass is 32.1. The fraction of sp³-hybridized carbons (Fsp3) is 0.500. The van der Waals surface area contributed by atoms with E-state index in [1.165, 1.54) is 11.3 Å². The fourth-order valence-electron chi connectivity index (χ4n) is 4.52. The van der Waals surface area contributed by atoms with Gasteiger partial charge in [-0.05, 0) is 52.1 Å². The highest BCUT2D eigenvalue weighted by Gasteiger charge is 2.23. The minimum absolute atomic E-state index is 0.201. The van der Waals surface area contributed by atoms with Crippen molar-refractivity contribution in [2.75, 3.05) is 31.5 Å². The number of nitrogens with zero attached hydrogens (tertiary/aromatic N) is 7. The molecule has 0 aromatic carbocycles. The Labute approximate surface area is 209 Å². The van der Waals surface area contributed by atoms with Gasteiger partial charge in [0.05, 0.1) is 24.0 Å². The van der Waals surface area contributed by atoms with Crippen LogP contribution in [0.1, 0.15) is 57.7 Å². The van der Waals surface area contributed by atoms with E-state index in [4.69, 9.17) is 5.26 Å². The van der Waals surface area contributed by atoms with Gasteiger partial charge in [0.15, 0.2) is 5.13 Å². The molecule has 4 heterocycles. The Bertz CT molecular complexity index is 1240. The summed E-state index contributed by atoms with van der Waals surface area (Å²) in [4.78, 5) is 28.4. The number of rotatable bonds is 8. The number of likely N-dealkylation sites (tertiary alicyclic amines) is 1. The van der Waals surface area contributed by atoms with E-state index in [0.717, 1.165) is 55.0 Å². The molecule has 0 aliphatic carbocycles. The van der Waals surface area contributed by atoms with Crippen LogP contribution < -0.4 is 10.6 Å². The minimum Gasteiger partial charge on any atom is -0.350 e. The van der Waals surface area contributed by atoms with E-state index in [-0.39, 0.29) is 11.8 Å². The number of carbonyl (C=O) groups is 1. The molecule has 10 nitrogen and oxygen atoms in total. The SMILES string of the molecule is Cc1nc(Nc2nc(C(=O)NCCc3c(C)nn(C)c3C)cs2)cc(C2CCCN(CC#N)C2)n1. The summed E-state index contributed by atoms with van der Waals surface area (Å²) in [6.45, 7) is 8.62. The van der Waals surface area contributed by atoms with Gasteiger partial charge in [-0.15, -0.1) is 11.3 Å². The van der Waals surface area contributed by atoms with E-state index < -0.39 is 0 Å². The normalized spacial score (nSPS) is 16.1. The van der Waals surface area contributed by atoms with Crippen LogP contribution in [-0.4, -0.2) is 61.7 Å². The summed E-state index contributed by atoms with van der Waals surface area (Å²) in [5, 5.41) is 22.0. The molecule has 3 aromatic heterocycles. The van der Waals surface area contributed by atoms with Crippen LogP contribution in [-0.2, 0) is 13.5 Å². The number of amides is 1. The number of hydrogen-bond acceptors (Lipinski definition) is 9. The van der Waals surface area contributed by atoms with E-state index >= 15 is 0 Å². The van der Waals surface area contributed by atoms with Gasteiger partial charge in [0.1, 0.15) is 17.3 Å². The van der Waals surface area contributed by atoms with E-state index in [0.29, 0.717) is 35.6 Å². The van der Waals surface area contributed by atoms with Crippen LogP contribution >= 0.6 is 11.3 Å². The van der Waals surface area contributed by atoms with Gasteiger partial charge in [0.2, 0.25) is 0 Å². The molecule has 1 saturated heterocycles. The monoisotopic (exact) mass is 493 g/mol. The zero-order valence-electron chi connectivity index (χ0n) is 20.6. The first-order valence-corrected chi connectivity index (χ1v) is 12.7. The Balaban J connectivity index is 1.37. The average Bonchev–Trinajstić information content (AvgIpc) is 3.38. The Morgan fingerprint density at radius 1 is 1.29 bits per heavy atom. The molecule has 2 N–H and O–H groups in total. The molecule has 1 aliphatic heterocycles. The molecule has 1 amide bonds. The van der Waals surface area contributed by atoms with Crippen molar-refractivity contribution in [1.82, 2.24) is 34.9 Å². The number of anilines is 2. The van der Waals surface area contributed by atoms with E-state index in [1.54, 1.807) is 5.38 Å². The second-order valence-electron chi connectivity index (χ2n) is 8.90. The Hall–Kier alpha value is -3.36. The summed E-state index contributed by atoms with van der Waals surface area (Å²) < 4.78 is 1.86. The highest BCUT2D eigenvalue weighted by Crippen LogP contribution is 2.28. The molecule has 1 unspecified atom stereocenters. The molecule has 0 bridgehead atoms. The van der Waals surface area contributed by atoms with Gasteiger partial charge >= 0.3 is 0 Å². The maximum absolute atomic E-state index is 12.6. The van der Waals surface area contributed by atoms with Gasteiger partial charge in [-0.2, -0.15) is 10.4 Å². The third-order valence-corrected chi connectivity index (χ3v) is 7.12. The van der Waals surface area contributed by atoms with Gasteiger partial charge in [-0.3, -0.25) is 14.4 Å². The standard InChI is InChI=1S/C24H31N9OS/c1-15-19(16(2)32(4)31-15)7-9-26-23(34)21-14-35-24(29-21)30-22-12-20(27-17(3)28-22)18-6-5-10-33(13-18)11-8-25/h12,14,18H,5-7,9-11,13H2,1-4H3,(H,26,34)(H,27,28,29,30). The van der Waals surface area contributed by atoms with Crippen molar-refractivity contribution in [2.45, 2.75) is 46.0 Å². The summed E-state index contributed by atoms with van der Waals surface area (Å²) in [5.41, 5.74) is 4.62. The third kappa shape index (κ3) is 6.01. The second kappa shape index (κ2) is 10.9. The second-order valence-corrected chi connectivity index (χ2v) is 9.76. The van der Waals surface area contributed by atoms with Gasteiger partial charge in [-0.25, -0.2) is 15.0 Å². The first-order chi connectivity index (χ1) is 16.8. The van der Waals surface area contributed by atoms with Crippen molar-refractivity contribution in [2.24, 2.45) is 7.05 Å². The van der Waals surface area contributed by atoms with Gasteiger partial charge < -0.3 is 10.6 Å². The zero-order valence-corrected chi connectivity index (χ0v) is 21.4. The molecule has 1 atom stereocenters. The molecule has 1 aliphatic rings. The van der Waals surface area contributed by atoms with Crippen molar-refractivity contribution in [1.29, 1.82) is 5.26 Å². The van der Waals surface area contributed by atoms with Crippen LogP contribution in [0, 0.1) is 32.1 Å². The van der Waals surface area contributed by atoms with Gasteiger partial charge in [-0.1, -0.05) is 0 Å². The lowest BCUT2D eigenvalue weighted by molar-refractivity contribution is 0.0950. The molecule has 0 saturated carbocycles. The summed E-state index contributed by atoms with van der Waals surface area (Å²) in [7, 11) is 1.93. The fourth-order valence-corrected chi connectivity index (χ4v) is 5.22. The minimum atomic E-state index is -0.201. The van der Waals surface area contributed by atoms with Crippen molar-refractivity contribution < 1.29 is 4.79 Å². The molecule has 0 radical (unpaired) electrons.